The Morgan fingerprint density at radius 2 is 2.15 bits per heavy atom. The van der Waals surface area contributed by atoms with Crippen LogP contribution in [0.25, 0.3) is 0 Å². The molecule has 0 fully saturated rings. The van der Waals surface area contributed by atoms with E-state index in [-0.39, 0.29) is 6.61 Å². The lowest BCUT2D eigenvalue weighted by atomic mass is 10.1. The second-order valence-corrected chi connectivity index (χ2v) is 2.99. The molecule has 0 saturated heterocycles. The Bertz CT molecular complexity index is 226. The summed E-state index contributed by atoms with van der Waals surface area (Å²) in [6, 6.07) is 5.49. The Kier molecular flexibility index (Phi) is 4.43. The molecule has 2 N–H and O–H groups in total. The molecule has 0 aliphatic heterocycles. The first-order valence-corrected chi connectivity index (χ1v) is 4.54. The number of nitrogens with zero attached hydrogens (tertiary/aromatic N) is 1. The maximum absolute atomic E-state index is 9.60. The van der Waals surface area contributed by atoms with Gasteiger partial charge in [0.25, 0.3) is 0 Å². The lowest BCUT2D eigenvalue weighted by Gasteiger charge is -2.08. The maximum Gasteiger partial charge on any atom is 0.0959 e. The highest BCUT2D eigenvalue weighted by molar-refractivity contribution is 5.06. The van der Waals surface area contributed by atoms with Crippen molar-refractivity contribution >= 4 is 0 Å². The largest absolute Gasteiger partial charge is 0.396 e. The van der Waals surface area contributed by atoms with Gasteiger partial charge >= 0.3 is 0 Å². The van der Waals surface area contributed by atoms with Crippen LogP contribution in [-0.2, 0) is 0 Å². The Balaban J connectivity index is 2.35. The molecular formula is C10H15NO2. The smallest absolute Gasteiger partial charge is 0.0959 e. The third-order valence-electron chi connectivity index (χ3n) is 1.91. The molecule has 13 heavy (non-hydrogen) atoms. The molecule has 1 atom stereocenters. The molecule has 1 unspecified atom stereocenters. The lowest BCUT2D eigenvalue weighted by molar-refractivity contribution is 0.155. The van der Waals surface area contributed by atoms with E-state index in [0.717, 1.165) is 12.8 Å². The van der Waals surface area contributed by atoms with Crippen LogP contribution in [0.4, 0.5) is 0 Å². The molecule has 0 spiro atoms. The zero-order valence-corrected chi connectivity index (χ0v) is 7.56. The molecule has 0 aliphatic carbocycles. The van der Waals surface area contributed by atoms with E-state index in [4.69, 9.17) is 5.11 Å². The molecule has 0 aromatic carbocycles. The van der Waals surface area contributed by atoms with E-state index in [0.29, 0.717) is 12.1 Å². The van der Waals surface area contributed by atoms with Gasteiger partial charge in [-0.2, -0.15) is 0 Å². The van der Waals surface area contributed by atoms with Gasteiger partial charge < -0.3 is 10.2 Å². The van der Waals surface area contributed by atoms with E-state index in [1.54, 1.807) is 6.20 Å². The van der Waals surface area contributed by atoms with E-state index in [1.165, 1.54) is 0 Å². The summed E-state index contributed by atoms with van der Waals surface area (Å²) in [5.41, 5.74) is 0.709. The van der Waals surface area contributed by atoms with Gasteiger partial charge in [-0.25, -0.2) is 0 Å². The Morgan fingerprint density at radius 3 is 2.77 bits per heavy atom. The second kappa shape index (κ2) is 5.67. The van der Waals surface area contributed by atoms with Gasteiger partial charge in [-0.05, 0) is 31.4 Å². The van der Waals surface area contributed by atoms with Crippen LogP contribution in [0.15, 0.2) is 24.4 Å². The van der Waals surface area contributed by atoms with Crippen molar-refractivity contribution in [2.45, 2.75) is 25.4 Å². The highest BCUT2D eigenvalue weighted by Gasteiger charge is 2.06. The van der Waals surface area contributed by atoms with Gasteiger partial charge in [-0.15, -0.1) is 0 Å². The van der Waals surface area contributed by atoms with Crippen LogP contribution in [0.3, 0.4) is 0 Å². The highest BCUT2D eigenvalue weighted by atomic mass is 16.3. The summed E-state index contributed by atoms with van der Waals surface area (Å²) in [5, 5.41) is 18.2. The summed E-state index contributed by atoms with van der Waals surface area (Å²) in [5.74, 6) is 0. The van der Waals surface area contributed by atoms with Crippen molar-refractivity contribution in [3.8, 4) is 0 Å². The highest BCUT2D eigenvalue weighted by Crippen LogP contribution is 2.15. The Morgan fingerprint density at radius 1 is 1.31 bits per heavy atom. The summed E-state index contributed by atoms with van der Waals surface area (Å²) >= 11 is 0. The summed E-state index contributed by atoms with van der Waals surface area (Å²) in [6.45, 7) is 0.189. The number of aromatic nitrogens is 1. The van der Waals surface area contributed by atoms with E-state index in [9.17, 15) is 5.11 Å². The van der Waals surface area contributed by atoms with Crippen LogP contribution < -0.4 is 0 Å². The number of aliphatic hydroxyl groups is 2. The normalized spacial score (nSPS) is 12.8. The number of unbranched alkanes of at least 4 members (excludes halogenated alkanes) is 1. The van der Waals surface area contributed by atoms with Crippen LogP contribution in [0.1, 0.15) is 31.1 Å². The number of hydrogen-bond donors (Lipinski definition) is 2. The molecule has 3 nitrogen and oxygen atoms in total. The van der Waals surface area contributed by atoms with Crippen molar-refractivity contribution in [2.75, 3.05) is 6.61 Å². The fourth-order valence-corrected chi connectivity index (χ4v) is 1.17. The minimum Gasteiger partial charge on any atom is -0.396 e. The molecule has 0 bridgehead atoms. The Hall–Kier alpha value is -0.930. The number of pyridine rings is 1. The van der Waals surface area contributed by atoms with E-state index < -0.39 is 6.10 Å². The molecule has 3 heteroatoms. The average Bonchev–Trinajstić information content (AvgIpc) is 2.19. The van der Waals surface area contributed by atoms with Gasteiger partial charge in [-0.3, -0.25) is 4.98 Å². The number of hydrogen-bond acceptors (Lipinski definition) is 3. The number of aliphatic hydroxyl groups excluding tert-OH is 2. The average molecular weight is 181 g/mol. The minimum atomic E-state index is -0.493. The van der Waals surface area contributed by atoms with Crippen LogP contribution in [0.5, 0.6) is 0 Å². The first-order chi connectivity index (χ1) is 6.34. The molecule has 1 aromatic heterocycles. The summed E-state index contributed by atoms with van der Waals surface area (Å²) in [7, 11) is 0. The van der Waals surface area contributed by atoms with E-state index in [2.05, 4.69) is 4.98 Å². The van der Waals surface area contributed by atoms with Crippen molar-refractivity contribution < 1.29 is 10.2 Å². The van der Waals surface area contributed by atoms with Crippen molar-refractivity contribution in [1.29, 1.82) is 0 Å². The minimum absolute atomic E-state index is 0.189. The number of rotatable bonds is 5. The van der Waals surface area contributed by atoms with E-state index >= 15 is 0 Å². The second-order valence-electron chi connectivity index (χ2n) is 2.99. The van der Waals surface area contributed by atoms with Crippen LogP contribution in [-0.4, -0.2) is 21.8 Å². The lowest BCUT2D eigenvalue weighted by Crippen LogP contribution is -2.00. The van der Waals surface area contributed by atoms with Gasteiger partial charge in [0.15, 0.2) is 0 Å². The maximum atomic E-state index is 9.60. The van der Waals surface area contributed by atoms with Crippen LogP contribution in [0, 0.1) is 0 Å². The fraction of sp³-hybridized carbons (Fsp3) is 0.500. The molecular weight excluding hydrogens is 166 g/mol. The zero-order valence-electron chi connectivity index (χ0n) is 7.56. The monoisotopic (exact) mass is 181 g/mol. The Labute approximate surface area is 78.1 Å². The van der Waals surface area contributed by atoms with Crippen LogP contribution in [0.2, 0.25) is 0 Å². The van der Waals surface area contributed by atoms with Gasteiger partial charge in [0, 0.05) is 12.8 Å². The molecule has 0 amide bonds. The molecule has 0 saturated carbocycles. The fourth-order valence-electron chi connectivity index (χ4n) is 1.17. The topological polar surface area (TPSA) is 53.4 Å². The SMILES string of the molecule is OCCCCC(O)c1ccccn1. The molecule has 0 radical (unpaired) electrons. The predicted molar refractivity (Wildman–Crippen MR) is 50.1 cm³/mol. The predicted octanol–water partition coefficient (Wildman–Crippen LogP) is 1.28. The van der Waals surface area contributed by atoms with Crippen molar-refractivity contribution in [1.82, 2.24) is 4.98 Å². The molecule has 0 aliphatic rings. The molecule has 72 valence electrons. The summed E-state index contributed by atoms with van der Waals surface area (Å²) in [4.78, 5) is 4.04. The quantitative estimate of drug-likeness (QED) is 0.673. The molecule has 1 heterocycles. The third kappa shape index (κ3) is 3.53. The standard InChI is InChI=1S/C10H15NO2/c12-8-4-2-6-10(13)9-5-1-3-7-11-9/h1,3,5,7,10,12-13H,2,4,6,8H2. The van der Waals surface area contributed by atoms with Crippen molar-refractivity contribution in [2.24, 2.45) is 0 Å². The van der Waals surface area contributed by atoms with Gasteiger partial charge in [0.1, 0.15) is 0 Å². The van der Waals surface area contributed by atoms with Gasteiger partial charge in [-0.1, -0.05) is 6.07 Å². The van der Waals surface area contributed by atoms with Gasteiger partial charge in [0.2, 0.25) is 0 Å². The summed E-state index contributed by atoms with van der Waals surface area (Å²) < 4.78 is 0. The van der Waals surface area contributed by atoms with Crippen molar-refractivity contribution in [3.05, 3.63) is 30.1 Å². The summed E-state index contributed by atoms with van der Waals surface area (Å²) in [6.07, 6.45) is 3.41. The van der Waals surface area contributed by atoms with Gasteiger partial charge in [0.05, 0.1) is 11.8 Å². The third-order valence-corrected chi connectivity index (χ3v) is 1.91. The first kappa shape index (κ1) is 10.2. The molecule has 1 aromatic rings. The first-order valence-electron chi connectivity index (χ1n) is 4.54. The molecule has 1 rings (SSSR count). The van der Waals surface area contributed by atoms with Crippen LogP contribution >= 0.6 is 0 Å². The zero-order chi connectivity index (χ0) is 9.52. The van der Waals surface area contributed by atoms with E-state index in [1.807, 2.05) is 18.2 Å². The van der Waals surface area contributed by atoms with Crippen molar-refractivity contribution in [3.63, 3.8) is 0 Å².